The van der Waals surface area contributed by atoms with E-state index in [4.69, 9.17) is 0 Å². The number of carbonyl (C=O) groups is 2. The molecule has 0 fully saturated rings. The largest absolute Gasteiger partial charge is 2.00 e. The Morgan fingerprint density at radius 1 is 0.789 bits per heavy atom. The zero-order valence-electron chi connectivity index (χ0n) is 11.0. The Balaban J connectivity index is 0.000000324. The van der Waals surface area contributed by atoms with Gasteiger partial charge in [0.05, 0.1) is 0 Å². The Morgan fingerprint density at radius 3 is 1.32 bits per heavy atom. The second-order valence-corrected chi connectivity index (χ2v) is 4.60. The first-order chi connectivity index (χ1) is 8.61. The maximum absolute atomic E-state index is 10.2. The monoisotopic (exact) mass is 314 g/mol. The van der Waals surface area contributed by atoms with E-state index in [0.29, 0.717) is 12.8 Å². The van der Waals surface area contributed by atoms with Crippen LogP contribution in [-0.4, -0.2) is 11.9 Å². The van der Waals surface area contributed by atoms with E-state index in [1.807, 2.05) is 24.3 Å². The van der Waals surface area contributed by atoms with Gasteiger partial charge in [0.25, 0.3) is 0 Å². The van der Waals surface area contributed by atoms with E-state index in [0.717, 1.165) is 25.7 Å². The van der Waals surface area contributed by atoms with Gasteiger partial charge in [0, 0.05) is 23.8 Å². The molecule has 0 amide bonds. The Hall–Kier alpha value is -0.957. The average Bonchev–Trinajstić information content (AvgIpc) is 2.41. The number of carboxylic acid groups (broad SMARTS) is 2. The fourth-order valence-corrected chi connectivity index (χ4v) is 2.02. The van der Waals surface area contributed by atoms with Crippen molar-refractivity contribution < 1.29 is 39.3 Å². The molecule has 2 unspecified atom stereocenters. The summed E-state index contributed by atoms with van der Waals surface area (Å²) in [6, 6.07) is 0. The standard InChI is InChI=1S/2C7H10O2.Zn/c2*8-7(9)6-4-2-1-3-5-6;/h2*1-2,6H,3-5H2,(H,8,9);/q;;+2/p-2. The van der Waals surface area contributed by atoms with Crippen LogP contribution in [0.2, 0.25) is 0 Å². The number of hydrogen-bond donors (Lipinski definition) is 0. The summed E-state index contributed by atoms with van der Waals surface area (Å²) in [7, 11) is 0. The van der Waals surface area contributed by atoms with Crippen LogP contribution in [-0.2, 0) is 29.1 Å². The molecular formula is C14H18O4Zn. The minimum atomic E-state index is -0.903. The van der Waals surface area contributed by atoms with Crippen LogP contribution >= 0.6 is 0 Å². The van der Waals surface area contributed by atoms with Crippen LogP contribution in [0.15, 0.2) is 24.3 Å². The normalized spacial score (nSPS) is 24.6. The molecule has 5 heteroatoms. The number of hydrogen-bond acceptors (Lipinski definition) is 4. The van der Waals surface area contributed by atoms with Gasteiger partial charge in [-0.05, 0) is 38.5 Å². The van der Waals surface area contributed by atoms with E-state index < -0.39 is 11.9 Å². The van der Waals surface area contributed by atoms with Crippen LogP contribution in [0.5, 0.6) is 0 Å². The summed E-state index contributed by atoms with van der Waals surface area (Å²) >= 11 is 0. The quantitative estimate of drug-likeness (QED) is 0.538. The molecule has 0 aromatic heterocycles. The molecule has 0 aliphatic heterocycles. The van der Waals surface area contributed by atoms with Crippen molar-refractivity contribution in [3.63, 3.8) is 0 Å². The first-order valence-electron chi connectivity index (χ1n) is 6.33. The van der Waals surface area contributed by atoms with Crippen molar-refractivity contribution in [3.8, 4) is 0 Å². The maximum atomic E-state index is 10.2. The molecule has 0 radical (unpaired) electrons. The molecule has 19 heavy (non-hydrogen) atoms. The van der Waals surface area contributed by atoms with Gasteiger partial charge in [-0.2, -0.15) is 0 Å². The Morgan fingerprint density at radius 2 is 1.16 bits per heavy atom. The predicted molar refractivity (Wildman–Crippen MR) is 63.0 cm³/mol. The van der Waals surface area contributed by atoms with Crippen LogP contribution in [0, 0.1) is 11.8 Å². The van der Waals surface area contributed by atoms with Crippen molar-refractivity contribution in [2.24, 2.45) is 11.8 Å². The molecule has 0 spiro atoms. The van der Waals surface area contributed by atoms with Crippen molar-refractivity contribution in [1.82, 2.24) is 0 Å². The van der Waals surface area contributed by atoms with E-state index in [-0.39, 0.29) is 31.3 Å². The summed E-state index contributed by atoms with van der Waals surface area (Å²) in [6.45, 7) is 0. The fourth-order valence-electron chi connectivity index (χ4n) is 2.02. The second kappa shape index (κ2) is 9.91. The molecule has 100 valence electrons. The second-order valence-electron chi connectivity index (χ2n) is 4.60. The van der Waals surface area contributed by atoms with Crippen LogP contribution in [0.4, 0.5) is 0 Å². The van der Waals surface area contributed by atoms with Crippen LogP contribution < -0.4 is 10.2 Å². The van der Waals surface area contributed by atoms with Gasteiger partial charge in [0.15, 0.2) is 0 Å². The first kappa shape index (κ1) is 18.0. The van der Waals surface area contributed by atoms with Gasteiger partial charge in [-0.25, -0.2) is 0 Å². The van der Waals surface area contributed by atoms with Gasteiger partial charge >= 0.3 is 19.5 Å². The van der Waals surface area contributed by atoms with E-state index in [2.05, 4.69) is 0 Å². The summed E-state index contributed by atoms with van der Waals surface area (Å²) in [4.78, 5) is 20.4. The molecule has 0 aromatic carbocycles. The zero-order valence-corrected chi connectivity index (χ0v) is 14.0. The number of aliphatic carboxylic acids is 2. The van der Waals surface area contributed by atoms with E-state index in [1.165, 1.54) is 0 Å². The fraction of sp³-hybridized carbons (Fsp3) is 0.571. The molecular weight excluding hydrogens is 298 g/mol. The van der Waals surface area contributed by atoms with Gasteiger partial charge in [-0.1, -0.05) is 24.3 Å². The van der Waals surface area contributed by atoms with Crippen LogP contribution in [0.25, 0.3) is 0 Å². The molecule has 0 N–H and O–H groups in total. The van der Waals surface area contributed by atoms with Gasteiger partial charge in [0.2, 0.25) is 0 Å². The summed E-state index contributed by atoms with van der Waals surface area (Å²) in [5.74, 6) is -2.26. The van der Waals surface area contributed by atoms with Gasteiger partial charge < -0.3 is 19.8 Å². The average molecular weight is 316 g/mol. The molecule has 2 aliphatic carbocycles. The zero-order chi connectivity index (χ0) is 13.4. The molecule has 2 aliphatic rings. The molecule has 4 nitrogen and oxygen atoms in total. The third-order valence-electron chi connectivity index (χ3n) is 3.20. The minimum absolute atomic E-state index is 0. The van der Waals surface area contributed by atoms with Crippen molar-refractivity contribution in [1.29, 1.82) is 0 Å². The van der Waals surface area contributed by atoms with Gasteiger partial charge in [-0.3, -0.25) is 0 Å². The third kappa shape index (κ3) is 7.26. The number of rotatable bonds is 2. The molecule has 2 atom stereocenters. The summed E-state index contributed by atoms with van der Waals surface area (Å²) in [6.07, 6.45) is 12.4. The maximum Gasteiger partial charge on any atom is 2.00 e. The topological polar surface area (TPSA) is 80.3 Å². The summed E-state index contributed by atoms with van der Waals surface area (Å²) in [5.41, 5.74) is 0. The SMILES string of the molecule is O=C([O-])C1CC=CCC1.O=C([O-])C1CC=CCC1.[Zn+2]. The molecule has 0 bridgehead atoms. The van der Waals surface area contributed by atoms with Crippen molar-refractivity contribution in [3.05, 3.63) is 24.3 Å². The van der Waals surface area contributed by atoms with E-state index in [1.54, 1.807) is 0 Å². The van der Waals surface area contributed by atoms with Crippen molar-refractivity contribution in [2.75, 3.05) is 0 Å². The van der Waals surface area contributed by atoms with Crippen molar-refractivity contribution >= 4 is 11.9 Å². The molecule has 0 saturated carbocycles. The van der Waals surface area contributed by atoms with Crippen LogP contribution in [0.1, 0.15) is 38.5 Å². The van der Waals surface area contributed by atoms with E-state index >= 15 is 0 Å². The molecule has 0 saturated heterocycles. The Bertz CT molecular complexity index is 315. The minimum Gasteiger partial charge on any atom is -0.550 e. The molecule has 0 heterocycles. The number of allylic oxidation sites excluding steroid dienone is 4. The van der Waals surface area contributed by atoms with Gasteiger partial charge in [0.1, 0.15) is 0 Å². The first-order valence-corrected chi connectivity index (χ1v) is 6.33. The summed E-state index contributed by atoms with van der Waals surface area (Å²) < 4.78 is 0. The van der Waals surface area contributed by atoms with E-state index in [9.17, 15) is 19.8 Å². The predicted octanol–water partition coefficient (Wildman–Crippen LogP) is 0.183. The molecule has 0 aromatic rings. The third-order valence-corrected chi connectivity index (χ3v) is 3.20. The van der Waals surface area contributed by atoms with Gasteiger partial charge in [-0.15, -0.1) is 0 Å². The Labute approximate surface area is 126 Å². The number of carboxylic acids is 2. The van der Waals surface area contributed by atoms with Crippen LogP contribution in [0.3, 0.4) is 0 Å². The smallest absolute Gasteiger partial charge is 0.550 e. The number of carbonyl (C=O) groups excluding carboxylic acids is 2. The summed E-state index contributed by atoms with van der Waals surface area (Å²) in [5, 5.41) is 20.4. The molecule has 2 rings (SSSR count). The Kier molecular flexibility index (Phi) is 9.41. The van der Waals surface area contributed by atoms with Crippen molar-refractivity contribution in [2.45, 2.75) is 38.5 Å².